The minimum absolute atomic E-state index is 0.0733. The topological polar surface area (TPSA) is 144 Å². The number of thiophene rings is 1. The lowest BCUT2D eigenvalue weighted by molar-refractivity contribution is -0.118. The van der Waals surface area contributed by atoms with Crippen molar-refractivity contribution >= 4 is 39.7 Å². The Labute approximate surface area is 220 Å². The summed E-state index contributed by atoms with van der Waals surface area (Å²) in [6, 6.07) is 24.4. The first kappa shape index (κ1) is 24.9. The van der Waals surface area contributed by atoms with Gasteiger partial charge in [-0.3, -0.25) is 14.9 Å². The minimum Gasteiger partial charge on any atom is -0.501 e. The van der Waals surface area contributed by atoms with Gasteiger partial charge in [0.15, 0.2) is 11.5 Å². The molecule has 190 valence electrons. The predicted octanol–water partition coefficient (Wildman–Crippen LogP) is 4.53. The van der Waals surface area contributed by atoms with Crippen LogP contribution >= 0.6 is 11.3 Å². The van der Waals surface area contributed by atoms with Crippen LogP contribution in [0.15, 0.2) is 89.0 Å². The van der Waals surface area contributed by atoms with E-state index in [4.69, 9.17) is 0 Å². The van der Waals surface area contributed by atoms with Crippen molar-refractivity contribution in [3.63, 3.8) is 0 Å². The van der Waals surface area contributed by atoms with E-state index in [2.05, 4.69) is 26.7 Å². The number of carbonyl (C=O) groups excluding carboxylic acids is 1. The number of H-pyrrole nitrogens is 1. The average Bonchev–Trinajstić information content (AvgIpc) is 3.38. The number of benzene rings is 3. The molecule has 1 amide bonds. The van der Waals surface area contributed by atoms with E-state index in [1.165, 1.54) is 0 Å². The van der Waals surface area contributed by atoms with E-state index in [9.17, 15) is 24.6 Å². The summed E-state index contributed by atoms with van der Waals surface area (Å²) >= 11 is 1.16. The van der Waals surface area contributed by atoms with Crippen molar-refractivity contribution in [1.82, 2.24) is 15.3 Å². The predicted molar refractivity (Wildman–Crippen MR) is 145 cm³/mol. The third-order valence-corrected chi connectivity index (χ3v) is 6.88. The molecular formula is C28H22N4O5S. The van der Waals surface area contributed by atoms with Gasteiger partial charge in [0, 0.05) is 6.54 Å². The van der Waals surface area contributed by atoms with Gasteiger partial charge >= 0.3 is 5.97 Å². The molecule has 1 unspecified atom stereocenters. The van der Waals surface area contributed by atoms with E-state index in [1.54, 1.807) is 11.4 Å². The molecule has 0 radical (unpaired) electrons. The van der Waals surface area contributed by atoms with Gasteiger partial charge in [-0.15, -0.1) is 11.3 Å². The SMILES string of the molecule is O=C(O)c1nc(-c2sccc2NC(=O)C(NCc2ccc3ccccc3c2)c2ccccc2)[nH]c(=O)c1O. The molecule has 5 aromatic rings. The number of aromatic amines is 1. The lowest BCUT2D eigenvalue weighted by Crippen LogP contribution is -2.32. The summed E-state index contributed by atoms with van der Waals surface area (Å²) in [6.45, 7) is 0.434. The lowest BCUT2D eigenvalue weighted by Gasteiger charge is -2.19. The fraction of sp³-hybridized carbons (Fsp3) is 0.0714. The van der Waals surface area contributed by atoms with E-state index in [-0.39, 0.29) is 11.7 Å². The number of carboxylic acids is 1. The zero-order valence-corrected chi connectivity index (χ0v) is 20.7. The fourth-order valence-corrected chi connectivity index (χ4v) is 4.89. The number of carboxylic acid groups (broad SMARTS) is 1. The van der Waals surface area contributed by atoms with Crippen LogP contribution in [-0.4, -0.2) is 32.1 Å². The zero-order valence-electron chi connectivity index (χ0n) is 19.8. The molecule has 1 atom stereocenters. The van der Waals surface area contributed by atoms with E-state index < -0.39 is 29.0 Å². The number of carbonyl (C=O) groups is 2. The van der Waals surface area contributed by atoms with Crippen molar-refractivity contribution in [3.05, 3.63) is 111 Å². The lowest BCUT2D eigenvalue weighted by atomic mass is 10.0. The minimum atomic E-state index is -1.54. The molecule has 0 saturated carbocycles. The molecule has 0 aliphatic heterocycles. The highest BCUT2D eigenvalue weighted by atomic mass is 32.1. The van der Waals surface area contributed by atoms with Gasteiger partial charge < -0.3 is 20.5 Å². The van der Waals surface area contributed by atoms with Crippen molar-refractivity contribution < 1.29 is 19.8 Å². The third kappa shape index (κ3) is 5.17. The number of anilines is 1. The summed E-state index contributed by atoms with van der Waals surface area (Å²) in [5.74, 6) is -2.95. The number of hydrogen-bond acceptors (Lipinski definition) is 7. The van der Waals surface area contributed by atoms with Gasteiger partial charge in [-0.2, -0.15) is 0 Å². The van der Waals surface area contributed by atoms with Crippen LogP contribution in [0, 0.1) is 0 Å². The average molecular weight is 527 g/mol. The molecule has 0 spiro atoms. The maximum absolute atomic E-state index is 13.5. The monoisotopic (exact) mass is 526 g/mol. The quantitative estimate of drug-likeness (QED) is 0.200. The second-order valence-electron chi connectivity index (χ2n) is 8.48. The molecule has 38 heavy (non-hydrogen) atoms. The van der Waals surface area contributed by atoms with E-state index in [1.807, 2.05) is 66.7 Å². The number of amides is 1. The Morgan fingerprint density at radius 1 is 0.974 bits per heavy atom. The van der Waals surface area contributed by atoms with Crippen LogP contribution in [0.3, 0.4) is 0 Å². The second kappa shape index (κ2) is 10.7. The molecule has 3 aromatic carbocycles. The first-order valence-corrected chi connectivity index (χ1v) is 12.5. The smallest absolute Gasteiger partial charge is 0.358 e. The van der Waals surface area contributed by atoms with Gasteiger partial charge in [0.2, 0.25) is 11.7 Å². The number of fused-ring (bicyclic) bond motifs is 1. The number of aromatic carboxylic acids is 1. The van der Waals surface area contributed by atoms with Crippen LogP contribution in [0.25, 0.3) is 21.5 Å². The highest BCUT2D eigenvalue weighted by molar-refractivity contribution is 7.14. The molecule has 9 nitrogen and oxygen atoms in total. The highest BCUT2D eigenvalue weighted by Gasteiger charge is 2.24. The van der Waals surface area contributed by atoms with Crippen molar-refractivity contribution in [1.29, 1.82) is 0 Å². The Morgan fingerprint density at radius 2 is 1.71 bits per heavy atom. The number of nitrogens with zero attached hydrogens (tertiary/aromatic N) is 1. The van der Waals surface area contributed by atoms with Crippen molar-refractivity contribution in [3.8, 4) is 16.5 Å². The second-order valence-corrected chi connectivity index (χ2v) is 9.39. The molecule has 0 saturated heterocycles. The van der Waals surface area contributed by atoms with Gasteiger partial charge in [-0.1, -0.05) is 66.7 Å². The van der Waals surface area contributed by atoms with Gasteiger partial charge in [0.05, 0.1) is 10.6 Å². The molecule has 10 heteroatoms. The van der Waals surface area contributed by atoms with Gasteiger partial charge in [0.1, 0.15) is 6.04 Å². The molecule has 2 aromatic heterocycles. The van der Waals surface area contributed by atoms with Crippen LogP contribution in [0.5, 0.6) is 5.75 Å². The Morgan fingerprint density at radius 3 is 2.47 bits per heavy atom. The molecule has 0 aliphatic rings. The molecule has 5 rings (SSSR count). The van der Waals surface area contributed by atoms with E-state index in [0.29, 0.717) is 17.1 Å². The fourth-order valence-electron chi connectivity index (χ4n) is 4.10. The number of aromatic nitrogens is 2. The summed E-state index contributed by atoms with van der Waals surface area (Å²) in [6.07, 6.45) is 0. The Bertz CT molecular complexity index is 1700. The van der Waals surface area contributed by atoms with Crippen LogP contribution in [0.1, 0.15) is 27.7 Å². The summed E-state index contributed by atoms with van der Waals surface area (Å²) in [4.78, 5) is 43.6. The van der Waals surface area contributed by atoms with Crippen LogP contribution in [0.4, 0.5) is 5.69 Å². The van der Waals surface area contributed by atoms with E-state index >= 15 is 0 Å². The van der Waals surface area contributed by atoms with Gasteiger partial charge in [0.25, 0.3) is 5.56 Å². The highest BCUT2D eigenvalue weighted by Crippen LogP contribution is 2.32. The molecule has 0 bridgehead atoms. The molecule has 0 fully saturated rings. The molecular weight excluding hydrogens is 504 g/mol. The summed E-state index contributed by atoms with van der Waals surface area (Å²) in [5.41, 5.74) is 0.358. The van der Waals surface area contributed by atoms with Crippen LogP contribution in [0.2, 0.25) is 0 Å². The third-order valence-electron chi connectivity index (χ3n) is 5.95. The standard InChI is InChI=1S/C28H22N4O5S/c33-23-22(28(36)37)31-25(32-27(23)35)24-20(12-13-38-24)30-26(34)21(18-7-2-1-3-8-18)29-15-16-10-11-17-6-4-5-9-19(17)14-16/h1-14,21,29,33H,15H2,(H,30,34)(H,36,37)(H,31,32,35). The first-order chi connectivity index (χ1) is 18.4. The van der Waals surface area contributed by atoms with Crippen molar-refractivity contribution in [2.24, 2.45) is 0 Å². The summed E-state index contributed by atoms with van der Waals surface area (Å²) in [5, 5.41) is 29.2. The maximum Gasteiger partial charge on any atom is 0.358 e. The maximum atomic E-state index is 13.5. The number of nitrogens with one attached hydrogen (secondary N) is 3. The van der Waals surface area contributed by atoms with Gasteiger partial charge in [-0.05, 0) is 39.4 Å². The Kier molecular flexibility index (Phi) is 6.98. The summed E-state index contributed by atoms with van der Waals surface area (Å²) < 4.78 is 0. The molecule has 0 aliphatic carbocycles. The van der Waals surface area contributed by atoms with Crippen molar-refractivity contribution in [2.45, 2.75) is 12.6 Å². The summed E-state index contributed by atoms with van der Waals surface area (Å²) in [7, 11) is 0. The van der Waals surface area contributed by atoms with Gasteiger partial charge in [-0.25, -0.2) is 9.78 Å². The number of rotatable bonds is 8. The Balaban J connectivity index is 1.41. The zero-order chi connectivity index (χ0) is 26.6. The van der Waals surface area contributed by atoms with Crippen LogP contribution in [-0.2, 0) is 11.3 Å². The largest absolute Gasteiger partial charge is 0.501 e. The van der Waals surface area contributed by atoms with Crippen LogP contribution < -0.4 is 16.2 Å². The number of aromatic hydroxyl groups is 1. The molecule has 5 N–H and O–H groups in total. The number of hydrogen-bond donors (Lipinski definition) is 5. The Hall–Kier alpha value is -4.80. The first-order valence-electron chi connectivity index (χ1n) is 11.6. The molecule has 2 heterocycles. The normalized spacial score (nSPS) is 11.8. The van der Waals surface area contributed by atoms with Crippen molar-refractivity contribution in [2.75, 3.05) is 5.32 Å². The van der Waals surface area contributed by atoms with E-state index in [0.717, 1.165) is 33.2 Å².